The standard InChI is InChI=1S/C29H42O5/c1-8-29(6,34-27-17-15-25(30)19-24(27)20-28(32)33-7)18-10-12-22(4)11-9-13-23(5)26(31)16-14-21(2)3/h8,12,14-17,19,23,26,30-31H,1-2,9-11,13,18,20H2,3-7H3/b16-14+,22-12+. The lowest BCUT2D eigenvalue weighted by atomic mass is 9.95. The van der Waals surface area contributed by atoms with E-state index in [9.17, 15) is 15.0 Å². The van der Waals surface area contributed by atoms with Gasteiger partial charge in [0.2, 0.25) is 0 Å². The van der Waals surface area contributed by atoms with Crippen molar-refractivity contribution < 1.29 is 24.5 Å². The van der Waals surface area contributed by atoms with Crippen LogP contribution in [0.3, 0.4) is 0 Å². The van der Waals surface area contributed by atoms with Gasteiger partial charge in [-0.3, -0.25) is 4.79 Å². The number of rotatable bonds is 15. The SMILES string of the molecule is C=CC(C)(CC/C=C(\C)CCCC(C)C(O)/C=C/C(=C)C)Oc1ccc(O)cc1CC(=O)OC. The molecular formula is C29H42O5. The Bertz CT molecular complexity index is 883. The molecule has 0 aliphatic heterocycles. The quantitative estimate of drug-likeness (QED) is 0.175. The number of aliphatic hydroxyl groups excluding tert-OH is 1. The van der Waals surface area contributed by atoms with Crippen LogP contribution < -0.4 is 4.74 Å². The fourth-order valence-corrected chi connectivity index (χ4v) is 3.51. The minimum absolute atomic E-state index is 0.0164. The van der Waals surface area contributed by atoms with E-state index >= 15 is 0 Å². The highest BCUT2D eigenvalue weighted by Crippen LogP contribution is 2.30. The zero-order valence-corrected chi connectivity index (χ0v) is 21.5. The van der Waals surface area contributed by atoms with E-state index in [1.807, 2.05) is 26.0 Å². The molecule has 1 aromatic rings. The number of esters is 1. The van der Waals surface area contributed by atoms with E-state index in [0.29, 0.717) is 17.7 Å². The lowest BCUT2D eigenvalue weighted by Crippen LogP contribution is -2.30. The molecular weight excluding hydrogens is 428 g/mol. The van der Waals surface area contributed by atoms with Crippen molar-refractivity contribution in [3.8, 4) is 11.5 Å². The van der Waals surface area contributed by atoms with Gasteiger partial charge >= 0.3 is 5.97 Å². The molecule has 0 fully saturated rings. The van der Waals surface area contributed by atoms with Gasteiger partial charge in [-0.2, -0.15) is 0 Å². The number of carbonyl (C=O) groups is 1. The second-order valence-corrected chi connectivity index (χ2v) is 9.32. The average molecular weight is 471 g/mol. The number of aromatic hydroxyl groups is 1. The predicted octanol–water partition coefficient (Wildman–Crippen LogP) is 6.46. The maximum Gasteiger partial charge on any atom is 0.310 e. The predicted molar refractivity (Wildman–Crippen MR) is 139 cm³/mol. The number of phenolic OH excluding ortho intramolecular Hbond substituents is 1. The minimum Gasteiger partial charge on any atom is -0.508 e. The molecule has 5 nitrogen and oxygen atoms in total. The summed E-state index contributed by atoms with van der Waals surface area (Å²) in [7, 11) is 1.33. The first-order valence-corrected chi connectivity index (χ1v) is 11.9. The summed E-state index contributed by atoms with van der Waals surface area (Å²) in [5, 5.41) is 20.0. The molecule has 3 atom stereocenters. The summed E-state index contributed by atoms with van der Waals surface area (Å²) < 4.78 is 11.0. The highest BCUT2D eigenvalue weighted by molar-refractivity contribution is 5.73. The van der Waals surface area contributed by atoms with Crippen molar-refractivity contribution in [2.24, 2.45) is 5.92 Å². The van der Waals surface area contributed by atoms with Crippen LogP contribution in [0.2, 0.25) is 0 Å². The normalized spacial score (nSPS) is 15.4. The first-order valence-electron chi connectivity index (χ1n) is 11.9. The number of carbonyl (C=O) groups excluding carboxylic acids is 1. The highest BCUT2D eigenvalue weighted by atomic mass is 16.5. The molecule has 0 amide bonds. The monoisotopic (exact) mass is 470 g/mol. The maximum absolute atomic E-state index is 11.7. The summed E-state index contributed by atoms with van der Waals surface area (Å²) in [4.78, 5) is 11.7. The third-order valence-electron chi connectivity index (χ3n) is 5.91. The fourth-order valence-electron chi connectivity index (χ4n) is 3.51. The summed E-state index contributed by atoms with van der Waals surface area (Å²) in [5.74, 6) is 0.395. The molecule has 0 aliphatic carbocycles. The number of hydrogen-bond acceptors (Lipinski definition) is 5. The number of allylic oxidation sites excluding steroid dienone is 4. The van der Waals surface area contributed by atoms with Crippen LogP contribution in [0, 0.1) is 5.92 Å². The van der Waals surface area contributed by atoms with Crippen molar-refractivity contribution in [2.45, 2.75) is 77.9 Å². The molecule has 0 spiro atoms. The Balaban J connectivity index is 2.64. The van der Waals surface area contributed by atoms with Crippen molar-refractivity contribution in [2.75, 3.05) is 7.11 Å². The molecule has 5 heteroatoms. The molecule has 3 unspecified atom stereocenters. The summed E-state index contributed by atoms with van der Waals surface area (Å²) in [6.07, 6.45) is 11.7. The molecule has 0 heterocycles. The lowest BCUT2D eigenvalue weighted by Gasteiger charge is -2.28. The summed E-state index contributed by atoms with van der Waals surface area (Å²) in [6.45, 7) is 15.8. The van der Waals surface area contributed by atoms with E-state index in [4.69, 9.17) is 9.47 Å². The van der Waals surface area contributed by atoms with E-state index in [-0.39, 0.29) is 18.1 Å². The van der Waals surface area contributed by atoms with E-state index in [1.54, 1.807) is 12.1 Å². The van der Waals surface area contributed by atoms with Crippen LogP contribution >= 0.6 is 0 Å². The molecule has 1 aromatic carbocycles. The third kappa shape index (κ3) is 10.9. The topological polar surface area (TPSA) is 76.0 Å². The smallest absolute Gasteiger partial charge is 0.310 e. The summed E-state index contributed by atoms with van der Waals surface area (Å²) in [6, 6.07) is 4.72. The van der Waals surface area contributed by atoms with Crippen molar-refractivity contribution in [3.63, 3.8) is 0 Å². The van der Waals surface area contributed by atoms with Gasteiger partial charge in [0, 0.05) is 5.56 Å². The molecule has 0 saturated carbocycles. The van der Waals surface area contributed by atoms with E-state index in [2.05, 4.69) is 33.1 Å². The fraction of sp³-hybridized carbons (Fsp3) is 0.483. The molecule has 0 aromatic heterocycles. The van der Waals surface area contributed by atoms with Crippen molar-refractivity contribution in [1.29, 1.82) is 0 Å². The van der Waals surface area contributed by atoms with Crippen LogP contribution in [0.1, 0.15) is 65.4 Å². The molecule has 2 N–H and O–H groups in total. The van der Waals surface area contributed by atoms with Crippen LogP contribution in [-0.4, -0.2) is 35.0 Å². The third-order valence-corrected chi connectivity index (χ3v) is 5.91. The van der Waals surface area contributed by atoms with Crippen molar-refractivity contribution >= 4 is 5.97 Å². The minimum atomic E-state index is -0.632. The van der Waals surface area contributed by atoms with Crippen molar-refractivity contribution in [3.05, 3.63) is 72.4 Å². The number of phenols is 1. The van der Waals surface area contributed by atoms with Gasteiger partial charge in [0.1, 0.15) is 17.1 Å². The van der Waals surface area contributed by atoms with Gasteiger partial charge in [0.25, 0.3) is 0 Å². The molecule has 0 bridgehead atoms. The Hall–Kier alpha value is -2.79. The number of benzene rings is 1. The second-order valence-electron chi connectivity index (χ2n) is 9.32. The summed E-state index contributed by atoms with van der Waals surface area (Å²) in [5.41, 5.74) is 2.18. The van der Waals surface area contributed by atoms with Gasteiger partial charge in [-0.1, -0.05) is 49.5 Å². The Morgan fingerprint density at radius 1 is 1.29 bits per heavy atom. The van der Waals surface area contributed by atoms with Gasteiger partial charge in [0.15, 0.2) is 0 Å². The van der Waals surface area contributed by atoms with Crippen LogP contribution in [0.15, 0.2) is 66.8 Å². The van der Waals surface area contributed by atoms with Crippen molar-refractivity contribution in [1.82, 2.24) is 0 Å². The highest BCUT2D eigenvalue weighted by Gasteiger charge is 2.24. The first-order chi connectivity index (χ1) is 16.0. The van der Waals surface area contributed by atoms with E-state index in [0.717, 1.165) is 31.3 Å². The van der Waals surface area contributed by atoms with Gasteiger partial charge in [0.05, 0.1) is 19.6 Å². The summed E-state index contributed by atoms with van der Waals surface area (Å²) >= 11 is 0. The van der Waals surface area contributed by atoms with Gasteiger partial charge < -0.3 is 19.7 Å². The number of hydrogen-bond donors (Lipinski definition) is 2. The maximum atomic E-state index is 11.7. The number of methoxy groups -OCH3 is 1. The molecule has 1 rings (SSSR count). The van der Waals surface area contributed by atoms with E-state index in [1.165, 1.54) is 24.8 Å². The first kappa shape index (κ1) is 29.2. The van der Waals surface area contributed by atoms with Crippen LogP contribution in [0.25, 0.3) is 0 Å². The van der Waals surface area contributed by atoms with Gasteiger partial charge in [-0.05, 0) is 83.1 Å². The molecule has 188 valence electrons. The molecule has 0 aliphatic rings. The van der Waals surface area contributed by atoms with Crippen LogP contribution in [0.5, 0.6) is 11.5 Å². The zero-order valence-electron chi connectivity index (χ0n) is 21.5. The van der Waals surface area contributed by atoms with E-state index < -0.39 is 17.7 Å². The Morgan fingerprint density at radius 2 is 2.00 bits per heavy atom. The largest absolute Gasteiger partial charge is 0.508 e. The second kappa shape index (κ2) is 14.5. The average Bonchev–Trinajstić information content (AvgIpc) is 2.79. The Labute approximate surface area is 205 Å². The lowest BCUT2D eigenvalue weighted by molar-refractivity contribution is -0.139. The molecule has 34 heavy (non-hydrogen) atoms. The van der Waals surface area contributed by atoms with Crippen LogP contribution in [0.4, 0.5) is 0 Å². The molecule has 0 radical (unpaired) electrons. The molecule has 0 saturated heterocycles. The number of ether oxygens (including phenoxy) is 2. The Morgan fingerprint density at radius 3 is 2.62 bits per heavy atom. The van der Waals surface area contributed by atoms with Crippen LogP contribution in [-0.2, 0) is 16.0 Å². The number of aliphatic hydroxyl groups is 1. The van der Waals surface area contributed by atoms with Gasteiger partial charge in [-0.15, -0.1) is 0 Å². The zero-order chi connectivity index (χ0) is 25.7. The Kier molecular flexibility index (Phi) is 12.4. The van der Waals surface area contributed by atoms with Gasteiger partial charge in [-0.25, -0.2) is 0 Å².